The molecule has 20 heavy (non-hydrogen) atoms. The number of carboxylic acid groups (broad SMARTS) is 1. The molecule has 0 saturated heterocycles. The highest BCUT2D eigenvalue weighted by Gasteiger charge is 2.11. The molecule has 0 spiro atoms. The molecule has 3 N–H and O–H groups in total. The smallest absolute Gasteiger partial charge is 0.328 e. The van der Waals surface area contributed by atoms with Gasteiger partial charge in [-0.3, -0.25) is 4.79 Å². The normalized spacial score (nSPS) is 12.1. The number of amides is 1. The van der Waals surface area contributed by atoms with E-state index in [2.05, 4.69) is 0 Å². The van der Waals surface area contributed by atoms with Crippen LogP contribution in [0.25, 0.3) is 6.08 Å². The van der Waals surface area contributed by atoms with Crippen molar-refractivity contribution in [1.82, 2.24) is 0 Å². The van der Waals surface area contributed by atoms with Crippen LogP contribution < -0.4 is 15.2 Å². The number of hydrogen-bond acceptors (Lipinski definition) is 4. The quantitative estimate of drug-likeness (QED) is 0.733. The van der Waals surface area contributed by atoms with Crippen molar-refractivity contribution in [2.24, 2.45) is 11.7 Å². The Morgan fingerprint density at radius 2 is 2.15 bits per heavy atom. The van der Waals surface area contributed by atoms with Gasteiger partial charge in [0.1, 0.15) is 11.5 Å². The molecule has 108 valence electrons. The largest absolute Gasteiger partial charge is 0.497 e. The molecule has 0 bridgehead atoms. The predicted octanol–water partition coefficient (Wildman–Crippen LogP) is 1.29. The van der Waals surface area contributed by atoms with Gasteiger partial charge in [0.15, 0.2) is 0 Å². The van der Waals surface area contributed by atoms with Crippen LogP contribution in [-0.2, 0) is 9.59 Å². The summed E-state index contributed by atoms with van der Waals surface area (Å²) >= 11 is 0. The lowest BCUT2D eigenvalue weighted by atomic mass is 10.1. The Balaban J connectivity index is 2.94. The van der Waals surface area contributed by atoms with Crippen molar-refractivity contribution in [3.63, 3.8) is 0 Å². The van der Waals surface area contributed by atoms with Gasteiger partial charge in [-0.05, 0) is 18.2 Å². The van der Waals surface area contributed by atoms with Crippen LogP contribution in [0.5, 0.6) is 11.5 Å². The zero-order chi connectivity index (χ0) is 15.1. The van der Waals surface area contributed by atoms with Gasteiger partial charge in [-0.2, -0.15) is 0 Å². The predicted molar refractivity (Wildman–Crippen MR) is 73.5 cm³/mol. The molecule has 1 unspecified atom stereocenters. The second kappa shape index (κ2) is 7.18. The molecule has 1 atom stereocenters. The van der Waals surface area contributed by atoms with Crippen molar-refractivity contribution in [3.8, 4) is 11.5 Å². The van der Waals surface area contributed by atoms with E-state index in [0.717, 1.165) is 6.08 Å². The summed E-state index contributed by atoms with van der Waals surface area (Å²) in [5.74, 6) is -0.973. The lowest BCUT2D eigenvalue weighted by molar-refractivity contribution is -0.131. The van der Waals surface area contributed by atoms with Crippen LogP contribution in [0, 0.1) is 5.92 Å². The minimum absolute atomic E-state index is 0.108. The minimum atomic E-state index is -1.06. The Labute approximate surface area is 116 Å². The summed E-state index contributed by atoms with van der Waals surface area (Å²) in [7, 11) is 1.51. The molecule has 1 rings (SSSR count). The Hall–Kier alpha value is -2.50. The highest BCUT2D eigenvalue weighted by molar-refractivity contribution is 5.86. The summed E-state index contributed by atoms with van der Waals surface area (Å²) in [6, 6.07) is 4.98. The number of ether oxygens (including phenoxy) is 2. The molecule has 0 aliphatic carbocycles. The number of benzene rings is 1. The summed E-state index contributed by atoms with van der Waals surface area (Å²) in [6.45, 7) is 1.76. The van der Waals surface area contributed by atoms with Gasteiger partial charge < -0.3 is 20.3 Å². The van der Waals surface area contributed by atoms with Crippen LogP contribution in [0.4, 0.5) is 0 Å². The standard InChI is InChI=1S/C14H17NO5/c1-9(14(15)18)8-20-12-7-11(19-2)5-3-10(12)4-6-13(16)17/h3-7,9H,8H2,1-2H3,(H2,15,18)(H,16,17)/b6-4+. The van der Waals surface area contributed by atoms with Crippen LogP contribution in [0.15, 0.2) is 24.3 Å². The van der Waals surface area contributed by atoms with Crippen molar-refractivity contribution in [2.75, 3.05) is 13.7 Å². The summed E-state index contributed by atoms with van der Waals surface area (Å²) in [5, 5.41) is 8.64. The number of aliphatic carboxylic acids is 1. The Bertz CT molecular complexity index is 524. The molecule has 0 fully saturated rings. The highest BCUT2D eigenvalue weighted by atomic mass is 16.5. The summed E-state index contributed by atoms with van der Waals surface area (Å²) in [5.41, 5.74) is 5.73. The maximum atomic E-state index is 11.0. The molecule has 1 aromatic rings. The van der Waals surface area contributed by atoms with Gasteiger partial charge in [0, 0.05) is 17.7 Å². The van der Waals surface area contributed by atoms with Crippen molar-refractivity contribution in [2.45, 2.75) is 6.92 Å². The number of rotatable bonds is 7. The number of methoxy groups -OCH3 is 1. The van der Waals surface area contributed by atoms with Crippen LogP contribution >= 0.6 is 0 Å². The Morgan fingerprint density at radius 3 is 2.70 bits per heavy atom. The van der Waals surface area contributed by atoms with E-state index in [0.29, 0.717) is 17.1 Å². The number of carbonyl (C=O) groups excluding carboxylic acids is 1. The van der Waals surface area contributed by atoms with E-state index in [9.17, 15) is 9.59 Å². The molecular formula is C14H17NO5. The second-order valence-electron chi connectivity index (χ2n) is 4.19. The van der Waals surface area contributed by atoms with Crippen LogP contribution in [0.2, 0.25) is 0 Å². The van der Waals surface area contributed by atoms with Crippen LogP contribution in [0.1, 0.15) is 12.5 Å². The van der Waals surface area contributed by atoms with Crippen molar-refractivity contribution in [3.05, 3.63) is 29.8 Å². The van der Waals surface area contributed by atoms with E-state index < -0.39 is 17.8 Å². The number of nitrogens with two attached hydrogens (primary N) is 1. The SMILES string of the molecule is COc1ccc(/C=C/C(=O)O)c(OCC(C)C(N)=O)c1. The monoisotopic (exact) mass is 279 g/mol. The number of primary amides is 1. The zero-order valence-electron chi connectivity index (χ0n) is 11.3. The maximum absolute atomic E-state index is 11.0. The lowest BCUT2D eigenvalue weighted by Gasteiger charge is -2.13. The summed E-state index contributed by atoms with van der Waals surface area (Å²) < 4.78 is 10.6. The topological polar surface area (TPSA) is 98.8 Å². The van der Waals surface area contributed by atoms with E-state index in [1.165, 1.54) is 13.2 Å². The van der Waals surface area contributed by atoms with E-state index >= 15 is 0 Å². The molecule has 0 saturated carbocycles. The van der Waals surface area contributed by atoms with Crippen molar-refractivity contribution in [1.29, 1.82) is 0 Å². The van der Waals surface area contributed by atoms with Crippen molar-refractivity contribution < 1.29 is 24.2 Å². The van der Waals surface area contributed by atoms with Gasteiger partial charge in [0.2, 0.25) is 5.91 Å². The maximum Gasteiger partial charge on any atom is 0.328 e. The second-order valence-corrected chi connectivity index (χ2v) is 4.19. The molecule has 0 aliphatic heterocycles. The molecule has 1 amide bonds. The van der Waals surface area contributed by atoms with Gasteiger partial charge in [0.25, 0.3) is 0 Å². The number of hydrogen-bond donors (Lipinski definition) is 2. The summed E-state index contributed by atoms with van der Waals surface area (Å²) in [6.07, 6.45) is 2.41. The highest BCUT2D eigenvalue weighted by Crippen LogP contribution is 2.26. The first-order valence-corrected chi connectivity index (χ1v) is 5.95. The van der Waals surface area contributed by atoms with E-state index in [-0.39, 0.29) is 6.61 Å². The molecular weight excluding hydrogens is 262 g/mol. The van der Waals surface area contributed by atoms with Crippen LogP contribution in [0.3, 0.4) is 0 Å². The third-order valence-corrected chi connectivity index (χ3v) is 2.60. The third kappa shape index (κ3) is 4.64. The molecule has 0 aromatic heterocycles. The fraction of sp³-hybridized carbons (Fsp3) is 0.286. The first kappa shape index (κ1) is 15.6. The number of carboxylic acids is 1. The molecule has 0 aliphatic rings. The summed E-state index contributed by atoms with van der Waals surface area (Å²) in [4.78, 5) is 21.5. The molecule has 0 heterocycles. The first-order chi connectivity index (χ1) is 9.43. The zero-order valence-corrected chi connectivity index (χ0v) is 11.3. The lowest BCUT2D eigenvalue weighted by Crippen LogP contribution is -2.25. The van der Waals surface area contributed by atoms with Crippen molar-refractivity contribution >= 4 is 18.0 Å². The molecule has 0 radical (unpaired) electrons. The fourth-order valence-electron chi connectivity index (χ4n) is 1.36. The minimum Gasteiger partial charge on any atom is -0.497 e. The fourth-order valence-corrected chi connectivity index (χ4v) is 1.36. The van der Waals surface area contributed by atoms with Gasteiger partial charge >= 0.3 is 5.97 Å². The van der Waals surface area contributed by atoms with Gasteiger partial charge in [-0.25, -0.2) is 4.79 Å². The number of carbonyl (C=O) groups is 2. The van der Waals surface area contributed by atoms with Gasteiger partial charge in [-0.1, -0.05) is 6.92 Å². The van der Waals surface area contributed by atoms with E-state index in [4.69, 9.17) is 20.3 Å². The Kier molecular flexibility index (Phi) is 5.58. The van der Waals surface area contributed by atoms with E-state index in [1.54, 1.807) is 25.1 Å². The first-order valence-electron chi connectivity index (χ1n) is 5.95. The third-order valence-electron chi connectivity index (χ3n) is 2.60. The van der Waals surface area contributed by atoms with Crippen LogP contribution in [-0.4, -0.2) is 30.7 Å². The van der Waals surface area contributed by atoms with Gasteiger partial charge in [0.05, 0.1) is 19.6 Å². The molecule has 6 nitrogen and oxygen atoms in total. The Morgan fingerprint density at radius 1 is 1.45 bits per heavy atom. The average Bonchev–Trinajstić information content (AvgIpc) is 2.42. The average molecular weight is 279 g/mol. The van der Waals surface area contributed by atoms with E-state index in [1.807, 2.05) is 0 Å². The van der Waals surface area contributed by atoms with Gasteiger partial charge in [-0.15, -0.1) is 0 Å². The molecule has 1 aromatic carbocycles. The molecule has 6 heteroatoms.